The lowest BCUT2D eigenvalue weighted by molar-refractivity contribution is 0.150. The van der Waals surface area contributed by atoms with Gasteiger partial charge in [-0.15, -0.1) is 11.3 Å². The van der Waals surface area contributed by atoms with E-state index in [9.17, 15) is 5.11 Å². The van der Waals surface area contributed by atoms with Gasteiger partial charge in [0.05, 0.1) is 6.10 Å². The summed E-state index contributed by atoms with van der Waals surface area (Å²) in [4.78, 5) is 0.918. The van der Waals surface area contributed by atoms with Crippen LogP contribution in [0.2, 0.25) is 0 Å². The highest BCUT2D eigenvalue weighted by Gasteiger charge is 2.25. The molecule has 0 fully saturated rings. The third kappa shape index (κ3) is 2.86. The lowest BCUT2D eigenvalue weighted by Crippen LogP contribution is -2.20. The Bertz CT molecular complexity index is 529. The molecule has 0 aliphatic carbocycles. The smallest absolute Gasteiger partial charge is 0.0974 e. The number of benzene rings is 1. The molecule has 3 N–H and O–H groups in total. The fourth-order valence-electron chi connectivity index (χ4n) is 1.90. The molecule has 0 aliphatic heterocycles. The van der Waals surface area contributed by atoms with Crippen molar-refractivity contribution in [3.63, 3.8) is 0 Å². The van der Waals surface area contributed by atoms with Crippen LogP contribution in [-0.4, -0.2) is 11.7 Å². The molecule has 0 saturated carbocycles. The predicted molar refractivity (Wildman–Crippen MR) is 82.9 cm³/mol. The van der Waals surface area contributed by atoms with Crippen LogP contribution in [0.25, 0.3) is 0 Å². The average molecular weight is 391 g/mol. The molecule has 1 heterocycles. The lowest BCUT2D eigenvalue weighted by atomic mass is 9.92. The topological polar surface area (TPSA) is 46.2 Å². The van der Waals surface area contributed by atoms with Crippen molar-refractivity contribution in [2.24, 2.45) is 5.73 Å². The molecule has 0 aliphatic rings. The fraction of sp³-hybridized carbons (Fsp3) is 0.231. The van der Waals surface area contributed by atoms with Gasteiger partial charge in [-0.1, -0.05) is 34.1 Å². The molecular weight excluding hydrogens is 378 g/mol. The van der Waals surface area contributed by atoms with Gasteiger partial charge in [-0.25, -0.2) is 0 Å². The molecule has 1 aromatic carbocycles. The Labute approximate surface area is 127 Å². The first-order chi connectivity index (χ1) is 8.65. The van der Waals surface area contributed by atoms with Crippen LogP contribution in [0.15, 0.2) is 44.7 Å². The van der Waals surface area contributed by atoms with Crippen LogP contribution in [0.1, 0.15) is 22.5 Å². The molecule has 2 unspecified atom stereocenters. The Morgan fingerprint density at radius 2 is 1.89 bits per heavy atom. The Kier molecular flexibility index (Phi) is 4.98. The highest BCUT2D eigenvalue weighted by molar-refractivity contribution is 9.10. The van der Waals surface area contributed by atoms with E-state index < -0.39 is 6.10 Å². The molecule has 0 amide bonds. The van der Waals surface area contributed by atoms with Gasteiger partial charge in [0.1, 0.15) is 0 Å². The third-order valence-corrected chi connectivity index (χ3v) is 5.52. The van der Waals surface area contributed by atoms with Gasteiger partial charge in [0, 0.05) is 26.3 Å². The zero-order valence-electron chi connectivity index (χ0n) is 9.51. The summed E-state index contributed by atoms with van der Waals surface area (Å²) in [5.41, 5.74) is 6.87. The van der Waals surface area contributed by atoms with Crippen LogP contribution in [0.3, 0.4) is 0 Å². The monoisotopic (exact) mass is 389 g/mol. The minimum absolute atomic E-state index is 0.115. The number of rotatable bonds is 4. The van der Waals surface area contributed by atoms with E-state index in [1.807, 2.05) is 35.7 Å². The van der Waals surface area contributed by atoms with Gasteiger partial charge >= 0.3 is 0 Å². The molecule has 0 bridgehead atoms. The minimum Gasteiger partial charge on any atom is -0.387 e. The molecule has 1 aromatic heterocycles. The van der Waals surface area contributed by atoms with Crippen LogP contribution in [-0.2, 0) is 0 Å². The second kappa shape index (κ2) is 6.30. The summed E-state index contributed by atoms with van der Waals surface area (Å²) in [6.45, 7) is 0.397. The Balaban J connectivity index is 2.35. The van der Waals surface area contributed by atoms with Crippen LogP contribution in [0.4, 0.5) is 0 Å². The van der Waals surface area contributed by atoms with Gasteiger partial charge in [-0.2, -0.15) is 0 Å². The van der Waals surface area contributed by atoms with Gasteiger partial charge < -0.3 is 10.8 Å². The number of thiophene rings is 1. The molecule has 96 valence electrons. The number of hydrogen-bond acceptors (Lipinski definition) is 3. The highest BCUT2D eigenvalue weighted by atomic mass is 79.9. The zero-order valence-corrected chi connectivity index (χ0v) is 13.5. The normalized spacial score (nSPS) is 14.4. The highest BCUT2D eigenvalue weighted by Crippen LogP contribution is 2.39. The molecule has 18 heavy (non-hydrogen) atoms. The van der Waals surface area contributed by atoms with Gasteiger partial charge in [0.2, 0.25) is 0 Å². The first-order valence-corrected chi connectivity index (χ1v) is 7.97. The Morgan fingerprint density at radius 1 is 1.17 bits per heavy atom. The number of aliphatic hydroxyl groups excluding tert-OH is 1. The maximum absolute atomic E-state index is 10.5. The predicted octanol–water partition coefficient (Wildman–Crippen LogP) is 4.05. The van der Waals surface area contributed by atoms with Crippen molar-refractivity contribution in [3.8, 4) is 0 Å². The summed E-state index contributed by atoms with van der Waals surface area (Å²) in [5.74, 6) is -0.115. The van der Waals surface area contributed by atoms with E-state index in [2.05, 4.69) is 31.9 Å². The van der Waals surface area contributed by atoms with Gasteiger partial charge in [-0.3, -0.25) is 0 Å². The summed E-state index contributed by atoms with van der Waals surface area (Å²) in [6, 6.07) is 9.81. The molecule has 0 saturated heterocycles. The third-order valence-electron chi connectivity index (χ3n) is 2.85. The second-order valence-corrected chi connectivity index (χ2v) is 6.60. The molecule has 2 nitrogen and oxygen atoms in total. The molecule has 0 radical (unpaired) electrons. The quantitative estimate of drug-likeness (QED) is 0.827. The molecular formula is C13H13Br2NOS. The van der Waals surface area contributed by atoms with Crippen LogP contribution in [0.5, 0.6) is 0 Å². The standard InChI is InChI=1S/C13H13Br2NOS/c14-10-4-2-1-3-8(10)9(7-16)12(17)13-11(15)5-6-18-13/h1-6,9,12,17H,7,16H2. The molecule has 2 atom stereocenters. The zero-order chi connectivity index (χ0) is 13.1. The molecule has 2 rings (SSSR count). The first kappa shape index (κ1) is 14.2. The Hall–Kier alpha value is -0.200. The van der Waals surface area contributed by atoms with Crippen molar-refractivity contribution in [2.75, 3.05) is 6.54 Å². The largest absolute Gasteiger partial charge is 0.387 e. The summed E-state index contributed by atoms with van der Waals surface area (Å²) in [5, 5.41) is 12.5. The van der Waals surface area contributed by atoms with Crippen molar-refractivity contribution in [3.05, 3.63) is 55.1 Å². The van der Waals surface area contributed by atoms with Crippen LogP contribution < -0.4 is 5.73 Å². The summed E-state index contributed by atoms with van der Waals surface area (Å²) >= 11 is 8.50. The van der Waals surface area contributed by atoms with Crippen LogP contribution >= 0.6 is 43.2 Å². The number of hydrogen-bond donors (Lipinski definition) is 2. The molecule has 0 spiro atoms. The average Bonchev–Trinajstić information content (AvgIpc) is 2.78. The van der Waals surface area contributed by atoms with E-state index in [-0.39, 0.29) is 5.92 Å². The van der Waals surface area contributed by atoms with E-state index in [1.54, 1.807) is 0 Å². The minimum atomic E-state index is -0.594. The van der Waals surface area contributed by atoms with Crippen molar-refractivity contribution < 1.29 is 5.11 Å². The van der Waals surface area contributed by atoms with E-state index in [0.717, 1.165) is 19.4 Å². The van der Waals surface area contributed by atoms with Crippen molar-refractivity contribution >= 4 is 43.2 Å². The van der Waals surface area contributed by atoms with E-state index in [4.69, 9.17) is 5.73 Å². The maximum Gasteiger partial charge on any atom is 0.0974 e. The van der Waals surface area contributed by atoms with Crippen molar-refractivity contribution in [2.45, 2.75) is 12.0 Å². The summed E-state index contributed by atoms with van der Waals surface area (Å²) in [6.07, 6.45) is -0.594. The van der Waals surface area contributed by atoms with E-state index in [1.165, 1.54) is 11.3 Å². The van der Waals surface area contributed by atoms with Crippen molar-refractivity contribution in [1.82, 2.24) is 0 Å². The molecule has 2 aromatic rings. The van der Waals surface area contributed by atoms with E-state index in [0.29, 0.717) is 6.54 Å². The molecule has 5 heteroatoms. The second-order valence-electron chi connectivity index (χ2n) is 3.94. The number of nitrogens with two attached hydrogens (primary N) is 1. The lowest BCUT2D eigenvalue weighted by Gasteiger charge is -2.22. The van der Waals surface area contributed by atoms with E-state index >= 15 is 0 Å². The Morgan fingerprint density at radius 3 is 2.44 bits per heavy atom. The maximum atomic E-state index is 10.5. The first-order valence-electron chi connectivity index (χ1n) is 5.50. The number of halogens is 2. The van der Waals surface area contributed by atoms with Gasteiger partial charge in [0.15, 0.2) is 0 Å². The van der Waals surface area contributed by atoms with Crippen molar-refractivity contribution in [1.29, 1.82) is 0 Å². The van der Waals surface area contributed by atoms with Gasteiger partial charge in [0.25, 0.3) is 0 Å². The number of aliphatic hydroxyl groups is 1. The summed E-state index contributed by atoms with van der Waals surface area (Å²) < 4.78 is 1.91. The fourth-order valence-corrected chi connectivity index (χ4v) is 4.14. The van der Waals surface area contributed by atoms with Gasteiger partial charge in [-0.05, 0) is 39.0 Å². The van der Waals surface area contributed by atoms with Crippen LogP contribution in [0, 0.1) is 0 Å². The SMILES string of the molecule is NCC(c1ccccc1Br)C(O)c1sccc1Br. The summed E-state index contributed by atoms with van der Waals surface area (Å²) in [7, 11) is 0.